The van der Waals surface area contributed by atoms with Gasteiger partial charge in [-0.15, -0.1) is 12.3 Å². The first-order valence-corrected chi connectivity index (χ1v) is 16.7. The molecule has 7 heteroatoms. The van der Waals surface area contributed by atoms with Crippen LogP contribution in [0.3, 0.4) is 0 Å². The van der Waals surface area contributed by atoms with Crippen LogP contribution in [0.15, 0.2) is 47.6 Å². The molecule has 0 radical (unpaired) electrons. The zero-order valence-electron chi connectivity index (χ0n) is 29.4. The molecule has 0 saturated carbocycles. The number of hydrazine groups is 1. The van der Waals surface area contributed by atoms with E-state index in [1.807, 2.05) is 40.0 Å². The van der Waals surface area contributed by atoms with E-state index in [1.54, 1.807) is 7.11 Å². The van der Waals surface area contributed by atoms with Crippen molar-refractivity contribution >= 4 is 28.1 Å². The highest BCUT2D eigenvalue weighted by atomic mass is 16.5. The van der Waals surface area contributed by atoms with E-state index >= 15 is 0 Å². The number of rotatable bonds is 18. The van der Waals surface area contributed by atoms with Crippen molar-refractivity contribution in [1.29, 1.82) is 0 Å². The molecule has 3 N–H and O–H groups in total. The third kappa shape index (κ3) is 9.25. The Morgan fingerprint density at radius 2 is 2.02 bits per heavy atom. The normalized spacial score (nSPS) is 14.0. The van der Waals surface area contributed by atoms with Gasteiger partial charge in [-0.1, -0.05) is 32.9 Å². The largest absolute Gasteiger partial charge is 0.375 e. The van der Waals surface area contributed by atoms with E-state index in [9.17, 15) is 4.79 Å². The second-order valence-corrected chi connectivity index (χ2v) is 13.1. The smallest absolute Gasteiger partial charge is 0.136 e. The number of carbonyl (C=O) groups excluding carboxylic acids is 1. The molecule has 0 fully saturated rings. The van der Waals surface area contributed by atoms with Crippen LogP contribution in [0.2, 0.25) is 0 Å². The molecular formula is C39H55N5O2. The van der Waals surface area contributed by atoms with Crippen molar-refractivity contribution < 1.29 is 9.53 Å². The monoisotopic (exact) mass is 625 g/mol. The second kappa shape index (κ2) is 17.4. The fraction of sp³-hybridized carbons (Fsp3) is 0.513. The quantitative estimate of drug-likeness (QED) is 0.0486. The number of pyridine rings is 1. The molecule has 0 amide bonds. The van der Waals surface area contributed by atoms with Gasteiger partial charge in [-0.05, 0) is 95.0 Å². The average Bonchev–Trinajstić information content (AvgIpc) is 3.36. The Balaban J connectivity index is 2.10. The highest BCUT2D eigenvalue weighted by molar-refractivity contribution is 5.96. The molecular weight excluding hydrogens is 570 g/mol. The number of hydrogen-bond acceptors (Lipinski definition) is 6. The van der Waals surface area contributed by atoms with Crippen LogP contribution >= 0.6 is 0 Å². The van der Waals surface area contributed by atoms with Crippen LogP contribution < -0.4 is 11.3 Å². The number of hydrogen-bond donors (Lipinski definition) is 2. The van der Waals surface area contributed by atoms with Gasteiger partial charge in [0.25, 0.3) is 0 Å². The Hall–Kier alpha value is -3.57. The number of aryl methyl sites for hydroxylation is 1. The summed E-state index contributed by atoms with van der Waals surface area (Å²) in [5, 5.41) is 1.21. The SMILES string of the molecule is C#CCCC(C)(C)Cc1c(-c2cccnc2C(C)OC)n(CC)c2ccc(/C(=C/C)N=C(C)CCC(=O)C(C)CCCNN)cc12. The molecule has 0 aliphatic heterocycles. The van der Waals surface area contributed by atoms with Gasteiger partial charge >= 0.3 is 0 Å². The summed E-state index contributed by atoms with van der Waals surface area (Å²) in [5.74, 6) is 8.52. The summed E-state index contributed by atoms with van der Waals surface area (Å²) in [6.07, 6.45) is 14.8. The van der Waals surface area contributed by atoms with E-state index in [-0.39, 0.29) is 23.2 Å². The van der Waals surface area contributed by atoms with Crippen molar-refractivity contribution in [2.75, 3.05) is 13.7 Å². The van der Waals surface area contributed by atoms with Gasteiger partial charge < -0.3 is 9.30 Å². The maximum atomic E-state index is 12.7. The Bertz CT molecular complexity index is 1570. The first-order valence-electron chi connectivity index (χ1n) is 16.7. The molecule has 3 aromatic rings. The van der Waals surface area contributed by atoms with E-state index in [0.29, 0.717) is 12.8 Å². The van der Waals surface area contributed by atoms with Crippen molar-refractivity contribution in [3.8, 4) is 23.6 Å². The molecule has 2 heterocycles. The first kappa shape index (κ1) is 36.9. The number of nitrogens with one attached hydrogen (secondary N) is 1. The van der Waals surface area contributed by atoms with Gasteiger partial charge in [0, 0.05) is 72.9 Å². The number of carbonyl (C=O) groups is 1. The van der Waals surface area contributed by atoms with Crippen molar-refractivity contribution in [2.45, 2.75) is 106 Å². The van der Waals surface area contributed by atoms with Gasteiger partial charge in [0.1, 0.15) is 5.78 Å². The number of ether oxygens (including phenoxy) is 1. The molecule has 2 unspecified atom stereocenters. The number of ketones is 1. The molecule has 0 spiro atoms. The summed E-state index contributed by atoms with van der Waals surface area (Å²) in [7, 11) is 1.73. The Morgan fingerprint density at radius 1 is 1.26 bits per heavy atom. The van der Waals surface area contributed by atoms with Crippen molar-refractivity contribution in [3.63, 3.8) is 0 Å². The summed E-state index contributed by atoms with van der Waals surface area (Å²) in [4.78, 5) is 22.6. The molecule has 0 saturated heterocycles. The molecule has 1 aromatic carbocycles. The van der Waals surface area contributed by atoms with Gasteiger partial charge in [-0.2, -0.15) is 0 Å². The number of nitrogens with two attached hydrogens (primary N) is 1. The summed E-state index contributed by atoms with van der Waals surface area (Å²) in [6, 6.07) is 10.9. The zero-order chi connectivity index (χ0) is 33.9. The number of nitrogens with zero attached hydrogens (tertiary/aromatic N) is 3. The number of aromatic nitrogens is 2. The minimum atomic E-state index is -0.151. The van der Waals surface area contributed by atoms with Gasteiger partial charge in [0.15, 0.2) is 0 Å². The Labute approximate surface area is 277 Å². The van der Waals surface area contributed by atoms with Crippen LogP contribution in [0, 0.1) is 23.7 Å². The van der Waals surface area contributed by atoms with Gasteiger partial charge in [0.05, 0.1) is 23.2 Å². The predicted octanol–water partition coefficient (Wildman–Crippen LogP) is 8.46. The number of methoxy groups -OCH3 is 1. The lowest BCUT2D eigenvalue weighted by molar-refractivity contribution is -0.122. The summed E-state index contributed by atoms with van der Waals surface area (Å²) >= 11 is 0. The number of benzene rings is 1. The molecule has 248 valence electrons. The Morgan fingerprint density at radius 3 is 2.67 bits per heavy atom. The van der Waals surface area contributed by atoms with Gasteiger partial charge in [0.2, 0.25) is 0 Å². The number of allylic oxidation sites excluding steroid dienone is 1. The van der Waals surface area contributed by atoms with E-state index in [1.165, 1.54) is 22.2 Å². The maximum Gasteiger partial charge on any atom is 0.136 e. The van der Waals surface area contributed by atoms with Crippen LogP contribution in [0.4, 0.5) is 0 Å². The third-order valence-corrected chi connectivity index (χ3v) is 9.04. The highest BCUT2D eigenvalue weighted by Gasteiger charge is 2.28. The fourth-order valence-corrected chi connectivity index (χ4v) is 6.21. The number of Topliss-reactive ketones (excluding diaryl/α,β-unsaturated/α-hetero) is 1. The minimum Gasteiger partial charge on any atom is -0.375 e. The number of fused-ring (bicyclic) bond motifs is 1. The molecule has 2 atom stereocenters. The summed E-state index contributed by atoms with van der Waals surface area (Å²) in [6.45, 7) is 16.4. The van der Waals surface area contributed by atoms with E-state index in [4.69, 9.17) is 27.0 Å². The van der Waals surface area contributed by atoms with E-state index in [2.05, 4.69) is 67.0 Å². The minimum absolute atomic E-state index is 0.0120. The second-order valence-electron chi connectivity index (χ2n) is 13.1. The average molecular weight is 626 g/mol. The number of aliphatic imine (C=N–C) groups is 1. The molecule has 2 aromatic heterocycles. The summed E-state index contributed by atoms with van der Waals surface area (Å²) < 4.78 is 8.18. The molecule has 0 bridgehead atoms. The number of terminal acetylenes is 1. The molecule has 7 nitrogen and oxygen atoms in total. The fourth-order valence-electron chi connectivity index (χ4n) is 6.21. The van der Waals surface area contributed by atoms with E-state index < -0.39 is 0 Å². The van der Waals surface area contributed by atoms with Crippen LogP contribution in [-0.4, -0.2) is 34.7 Å². The van der Waals surface area contributed by atoms with Crippen LogP contribution in [0.1, 0.15) is 110 Å². The van der Waals surface area contributed by atoms with Crippen LogP contribution in [-0.2, 0) is 22.5 Å². The van der Waals surface area contributed by atoms with Crippen molar-refractivity contribution in [1.82, 2.24) is 15.0 Å². The lowest BCUT2D eigenvalue weighted by Gasteiger charge is -2.25. The highest BCUT2D eigenvalue weighted by Crippen LogP contribution is 2.42. The lowest BCUT2D eigenvalue weighted by Crippen LogP contribution is -2.24. The van der Waals surface area contributed by atoms with Gasteiger partial charge in [-0.25, -0.2) is 0 Å². The molecule has 0 aliphatic carbocycles. The lowest BCUT2D eigenvalue weighted by atomic mass is 9.80. The van der Waals surface area contributed by atoms with Crippen LogP contribution in [0.5, 0.6) is 0 Å². The summed E-state index contributed by atoms with van der Waals surface area (Å²) in [5.41, 5.74) is 11.3. The molecule has 3 rings (SSSR count). The Kier molecular flexibility index (Phi) is 13.9. The van der Waals surface area contributed by atoms with Crippen molar-refractivity contribution in [3.05, 3.63) is 59.4 Å². The van der Waals surface area contributed by atoms with Crippen LogP contribution in [0.25, 0.3) is 27.9 Å². The molecule has 46 heavy (non-hydrogen) atoms. The zero-order valence-corrected chi connectivity index (χ0v) is 29.4. The topological polar surface area (TPSA) is 94.5 Å². The third-order valence-electron chi connectivity index (χ3n) is 9.04. The van der Waals surface area contributed by atoms with Gasteiger partial charge in [-0.3, -0.25) is 26.0 Å². The predicted molar refractivity (Wildman–Crippen MR) is 193 cm³/mol. The molecule has 0 aliphatic rings. The maximum absolute atomic E-state index is 12.7. The standard InChI is InChI=1S/C39H55N5O2/c1-10-13-22-39(7,8)26-33-32-25-30(34(11-2)43-28(5)18-21-36(45)27(4)16-14-24-42-40)19-20-35(32)44(12-3)38(33)31-17-15-23-41-37(31)29(6)46-9/h1,11,15,17,19-20,23,25,27,29,42H,12-14,16,18,21-22,24,26,40H2,2-9H3/b34-11-,43-28?. The van der Waals surface area contributed by atoms with E-state index in [0.717, 1.165) is 73.4 Å². The first-order chi connectivity index (χ1) is 22.0. The van der Waals surface area contributed by atoms with Crippen molar-refractivity contribution in [2.24, 2.45) is 22.2 Å².